The van der Waals surface area contributed by atoms with Gasteiger partial charge in [0.1, 0.15) is 6.10 Å². The molecule has 1 saturated heterocycles. The number of hydrogen-bond donors (Lipinski definition) is 1. The molecule has 0 bridgehead atoms. The number of rotatable bonds is 7. The van der Waals surface area contributed by atoms with Gasteiger partial charge in [-0.05, 0) is 33.1 Å². The minimum atomic E-state index is -0.0900. The molecule has 0 aromatic carbocycles. The van der Waals surface area contributed by atoms with E-state index < -0.39 is 0 Å². The van der Waals surface area contributed by atoms with E-state index >= 15 is 0 Å². The van der Waals surface area contributed by atoms with Crippen molar-refractivity contribution in [1.82, 2.24) is 30.5 Å². The first-order valence-corrected chi connectivity index (χ1v) is 8.81. The first kappa shape index (κ1) is 15.7. The van der Waals surface area contributed by atoms with Crippen molar-refractivity contribution in [2.45, 2.75) is 58.2 Å². The van der Waals surface area contributed by atoms with E-state index in [1.807, 2.05) is 11.6 Å². The van der Waals surface area contributed by atoms with Crippen LogP contribution in [0.5, 0.6) is 0 Å². The van der Waals surface area contributed by atoms with E-state index in [2.05, 4.69) is 32.7 Å². The van der Waals surface area contributed by atoms with E-state index in [0.29, 0.717) is 17.7 Å². The quantitative estimate of drug-likeness (QED) is 0.825. The van der Waals surface area contributed by atoms with E-state index in [1.54, 1.807) is 0 Å². The van der Waals surface area contributed by atoms with Gasteiger partial charge in [0.2, 0.25) is 0 Å². The van der Waals surface area contributed by atoms with Crippen molar-refractivity contribution in [3.8, 4) is 0 Å². The Labute approximate surface area is 140 Å². The van der Waals surface area contributed by atoms with Crippen molar-refractivity contribution >= 4 is 0 Å². The molecule has 24 heavy (non-hydrogen) atoms. The molecule has 2 aliphatic rings. The number of nitrogens with one attached hydrogen (secondary N) is 1. The second-order valence-electron chi connectivity index (χ2n) is 6.67. The van der Waals surface area contributed by atoms with Crippen molar-refractivity contribution in [3.05, 3.63) is 23.1 Å². The molecule has 130 valence electrons. The van der Waals surface area contributed by atoms with E-state index in [0.717, 1.165) is 49.9 Å². The fourth-order valence-electron chi connectivity index (χ4n) is 3.25. The summed E-state index contributed by atoms with van der Waals surface area (Å²) in [6.07, 6.45) is 3.26. The van der Waals surface area contributed by atoms with E-state index in [1.165, 1.54) is 12.8 Å². The Balaban J connectivity index is 1.35. The number of aromatic nitrogens is 5. The molecule has 2 aromatic rings. The maximum absolute atomic E-state index is 5.86. The number of nitrogens with zero attached hydrogens (tertiary/aromatic N) is 5. The minimum Gasteiger partial charge on any atom is -0.368 e. The summed E-state index contributed by atoms with van der Waals surface area (Å²) in [4.78, 5) is 4.55. The van der Waals surface area contributed by atoms with Crippen LogP contribution >= 0.6 is 0 Å². The van der Waals surface area contributed by atoms with Gasteiger partial charge >= 0.3 is 0 Å². The topological polar surface area (TPSA) is 90.9 Å². The highest BCUT2D eigenvalue weighted by molar-refractivity contribution is 5.08. The molecule has 4 rings (SSSR count). The third-order valence-corrected chi connectivity index (χ3v) is 4.89. The Morgan fingerprint density at radius 3 is 2.96 bits per heavy atom. The summed E-state index contributed by atoms with van der Waals surface area (Å²) in [6.45, 7) is 7.25. The van der Waals surface area contributed by atoms with Crippen molar-refractivity contribution in [3.63, 3.8) is 0 Å². The largest absolute Gasteiger partial charge is 0.368 e. The molecule has 8 nitrogen and oxygen atoms in total. The van der Waals surface area contributed by atoms with Crippen LogP contribution in [-0.4, -0.2) is 38.3 Å². The zero-order valence-electron chi connectivity index (χ0n) is 14.2. The van der Waals surface area contributed by atoms with E-state index in [9.17, 15) is 0 Å². The lowest BCUT2D eigenvalue weighted by Gasteiger charge is -2.16. The van der Waals surface area contributed by atoms with Gasteiger partial charge < -0.3 is 14.6 Å². The maximum atomic E-state index is 5.86. The Morgan fingerprint density at radius 1 is 1.29 bits per heavy atom. The molecule has 2 atom stereocenters. The first-order valence-electron chi connectivity index (χ1n) is 8.81. The van der Waals surface area contributed by atoms with Crippen LogP contribution in [0.4, 0.5) is 0 Å². The summed E-state index contributed by atoms with van der Waals surface area (Å²) in [5.74, 6) is 2.34. The minimum absolute atomic E-state index is 0.0900. The van der Waals surface area contributed by atoms with Gasteiger partial charge in [-0.15, -0.1) is 5.10 Å². The van der Waals surface area contributed by atoms with E-state index in [4.69, 9.17) is 9.26 Å². The molecule has 1 aliphatic heterocycles. The molecule has 0 radical (unpaired) electrons. The van der Waals surface area contributed by atoms with Crippen molar-refractivity contribution in [2.75, 3.05) is 13.2 Å². The first-order chi connectivity index (χ1) is 11.8. The Hall–Kier alpha value is -1.80. The van der Waals surface area contributed by atoms with Gasteiger partial charge in [0.15, 0.2) is 5.82 Å². The van der Waals surface area contributed by atoms with Gasteiger partial charge in [-0.25, -0.2) is 4.68 Å². The van der Waals surface area contributed by atoms with Crippen LogP contribution < -0.4 is 5.32 Å². The van der Waals surface area contributed by atoms with Gasteiger partial charge in [-0.1, -0.05) is 10.4 Å². The number of aryl methyl sites for hydroxylation is 2. The maximum Gasteiger partial charge on any atom is 0.256 e. The second kappa shape index (κ2) is 6.60. The summed E-state index contributed by atoms with van der Waals surface area (Å²) in [5.41, 5.74) is 2.12. The third-order valence-electron chi connectivity index (χ3n) is 4.89. The lowest BCUT2D eigenvalue weighted by molar-refractivity contribution is 0.0623. The predicted octanol–water partition coefficient (Wildman–Crippen LogP) is 1.73. The lowest BCUT2D eigenvalue weighted by atomic mass is 10.0. The SMILES string of the molecule is CCn1nnc(C)c1CNC[C@@H]1CCO[C@@H]1c1nc(C2CC2)no1. The number of hydrogen-bond acceptors (Lipinski definition) is 7. The average Bonchev–Trinajstić information content (AvgIpc) is 2.99. The summed E-state index contributed by atoms with van der Waals surface area (Å²) >= 11 is 0. The number of ether oxygens (including phenoxy) is 1. The van der Waals surface area contributed by atoms with Crippen LogP contribution in [0.25, 0.3) is 0 Å². The molecule has 1 N–H and O–H groups in total. The second-order valence-corrected chi connectivity index (χ2v) is 6.67. The standard InChI is InChI=1S/C16H24N6O2/c1-3-22-13(10(2)19-21-22)9-17-8-12-6-7-23-14(12)16-18-15(20-24-16)11-4-5-11/h11-12,14,17H,3-9H2,1-2H3/t12-,14-/m0/s1. The lowest BCUT2D eigenvalue weighted by Crippen LogP contribution is -2.26. The molecule has 0 spiro atoms. The van der Waals surface area contributed by atoms with Crippen molar-refractivity contribution < 1.29 is 9.26 Å². The Kier molecular flexibility index (Phi) is 4.32. The van der Waals surface area contributed by atoms with Gasteiger partial charge in [0, 0.05) is 38.1 Å². The normalized spacial score (nSPS) is 23.9. The van der Waals surface area contributed by atoms with Crippen LogP contribution in [0, 0.1) is 12.8 Å². The van der Waals surface area contributed by atoms with Crippen LogP contribution in [0.2, 0.25) is 0 Å². The molecule has 8 heteroatoms. The summed E-state index contributed by atoms with van der Waals surface area (Å²) < 4.78 is 13.2. The van der Waals surface area contributed by atoms with Crippen LogP contribution in [0.1, 0.15) is 61.3 Å². The highest BCUT2D eigenvalue weighted by Crippen LogP contribution is 2.40. The molecule has 1 saturated carbocycles. The molecule has 2 aromatic heterocycles. The Morgan fingerprint density at radius 2 is 2.17 bits per heavy atom. The Bertz CT molecular complexity index is 693. The van der Waals surface area contributed by atoms with Gasteiger partial charge in [0.05, 0.1) is 11.4 Å². The molecular formula is C16H24N6O2. The molecule has 3 heterocycles. The van der Waals surface area contributed by atoms with Gasteiger partial charge in [-0.2, -0.15) is 4.98 Å². The highest BCUT2D eigenvalue weighted by atomic mass is 16.5. The smallest absolute Gasteiger partial charge is 0.256 e. The van der Waals surface area contributed by atoms with Crippen molar-refractivity contribution in [2.24, 2.45) is 5.92 Å². The molecule has 0 unspecified atom stereocenters. The fourth-order valence-corrected chi connectivity index (χ4v) is 3.25. The van der Waals surface area contributed by atoms with E-state index in [-0.39, 0.29) is 6.10 Å². The van der Waals surface area contributed by atoms with Gasteiger partial charge in [0.25, 0.3) is 5.89 Å². The zero-order chi connectivity index (χ0) is 16.5. The molecule has 0 amide bonds. The fraction of sp³-hybridized carbons (Fsp3) is 0.750. The highest BCUT2D eigenvalue weighted by Gasteiger charge is 2.36. The molecule has 2 fully saturated rings. The third kappa shape index (κ3) is 3.08. The van der Waals surface area contributed by atoms with Crippen LogP contribution in [0.15, 0.2) is 4.52 Å². The van der Waals surface area contributed by atoms with Crippen LogP contribution in [0.3, 0.4) is 0 Å². The van der Waals surface area contributed by atoms with Crippen molar-refractivity contribution in [1.29, 1.82) is 0 Å². The predicted molar refractivity (Wildman–Crippen MR) is 85.2 cm³/mol. The summed E-state index contributed by atoms with van der Waals surface area (Å²) in [7, 11) is 0. The zero-order valence-corrected chi connectivity index (χ0v) is 14.2. The summed E-state index contributed by atoms with van der Waals surface area (Å²) in [6, 6.07) is 0. The molecule has 1 aliphatic carbocycles. The summed E-state index contributed by atoms with van der Waals surface area (Å²) in [5, 5.41) is 15.9. The average molecular weight is 332 g/mol. The van der Waals surface area contributed by atoms with Gasteiger partial charge in [-0.3, -0.25) is 0 Å². The monoisotopic (exact) mass is 332 g/mol. The van der Waals surface area contributed by atoms with Crippen LogP contribution in [-0.2, 0) is 17.8 Å². The molecular weight excluding hydrogens is 308 g/mol.